The van der Waals surface area contributed by atoms with E-state index in [0.717, 1.165) is 25.7 Å². The number of amides is 1. The predicted molar refractivity (Wildman–Crippen MR) is 247 cm³/mol. The van der Waals surface area contributed by atoms with Gasteiger partial charge in [-0.05, 0) is 46.2 Å². The van der Waals surface area contributed by atoms with Crippen LogP contribution in [0, 0.1) is 5.92 Å². The normalized spacial score (nSPS) is 24.3. The van der Waals surface area contributed by atoms with Crippen LogP contribution in [0.4, 0.5) is 11.6 Å². The van der Waals surface area contributed by atoms with Crippen molar-refractivity contribution in [1.29, 1.82) is 0 Å². The van der Waals surface area contributed by atoms with E-state index in [1.54, 1.807) is 18.7 Å². The van der Waals surface area contributed by atoms with Crippen LogP contribution in [-0.2, 0) is 42.1 Å². The summed E-state index contributed by atoms with van der Waals surface area (Å²) in [5.41, 5.74) is 10.2. The number of hydrogen-bond acceptors (Lipinski definition) is 15. The zero-order valence-corrected chi connectivity index (χ0v) is 40.7. The summed E-state index contributed by atoms with van der Waals surface area (Å²) in [4.78, 5) is 61.2. The Morgan fingerprint density at radius 2 is 1.23 bits per heavy atom. The van der Waals surface area contributed by atoms with Crippen molar-refractivity contribution in [2.24, 2.45) is 5.92 Å². The molecule has 9 atom stereocenters. The highest BCUT2D eigenvalue weighted by Crippen LogP contribution is 2.50. The summed E-state index contributed by atoms with van der Waals surface area (Å²) in [5.74, 6) is -0.827. The van der Waals surface area contributed by atoms with Gasteiger partial charge in [0.2, 0.25) is 5.91 Å². The molecule has 0 saturated carbocycles. The average molecular weight is 940 g/mol. The van der Waals surface area contributed by atoms with E-state index >= 15 is 0 Å². The van der Waals surface area contributed by atoms with Crippen molar-refractivity contribution in [3.8, 4) is 0 Å². The van der Waals surface area contributed by atoms with Gasteiger partial charge in [-0.25, -0.2) is 14.2 Å². The van der Waals surface area contributed by atoms with Crippen molar-refractivity contribution >= 4 is 25.4 Å². The van der Waals surface area contributed by atoms with Crippen LogP contribution in [-0.4, -0.2) is 111 Å². The van der Waals surface area contributed by atoms with Crippen LogP contribution in [0.15, 0.2) is 34.1 Å². The lowest BCUT2D eigenvalue weighted by Crippen LogP contribution is -2.46. The predicted octanol–water partition coefficient (Wildman–Crippen LogP) is 6.53. The van der Waals surface area contributed by atoms with Gasteiger partial charge in [0.15, 0.2) is 12.5 Å². The van der Waals surface area contributed by atoms with Crippen molar-refractivity contribution in [3.63, 3.8) is 0 Å². The quantitative estimate of drug-likeness (QED) is 0.0537. The molecule has 2 aromatic heterocycles. The smallest absolute Gasteiger partial charge is 0.383 e. The number of rotatable bonds is 31. The molecule has 0 aromatic carbocycles. The van der Waals surface area contributed by atoms with Crippen LogP contribution in [0.3, 0.4) is 0 Å². The van der Waals surface area contributed by atoms with Gasteiger partial charge in [0, 0.05) is 52.0 Å². The Morgan fingerprint density at radius 3 is 1.69 bits per heavy atom. The van der Waals surface area contributed by atoms with Gasteiger partial charge in [0.25, 0.3) is 0 Å². The van der Waals surface area contributed by atoms with Gasteiger partial charge >= 0.3 is 19.2 Å². The third-order valence-corrected chi connectivity index (χ3v) is 13.2. The summed E-state index contributed by atoms with van der Waals surface area (Å²) in [6, 6.07) is 2.91. The number of aromatic nitrogens is 4. The number of unbranched alkanes of at least 4 members (excludes halogenated alkanes) is 14. The molecule has 2 fully saturated rings. The molecular weight excluding hydrogens is 862 g/mol. The molecule has 0 radical (unpaired) electrons. The van der Waals surface area contributed by atoms with E-state index in [4.69, 9.17) is 44.2 Å². The van der Waals surface area contributed by atoms with Crippen molar-refractivity contribution in [2.45, 2.75) is 193 Å². The number of carbonyl (C=O) groups excluding carboxylic acids is 1. The summed E-state index contributed by atoms with van der Waals surface area (Å²) >= 11 is 0. The molecule has 5 unspecified atom stereocenters. The maximum absolute atomic E-state index is 14.8. The first kappa shape index (κ1) is 54.3. The Hall–Kier alpha value is -3.26. The van der Waals surface area contributed by atoms with Gasteiger partial charge in [0.1, 0.15) is 36.1 Å². The molecule has 2 aliphatic heterocycles. The molecule has 1 amide bonds. The molecule has 65 heavy (non-hydrogen) atoms. The van der Waals surface area contributed by atoms with Crippen LogP contribution < -0.4 is 22.8 Å². The Labute approximate surface area is 384 Å². The van der Waals surface area contributed by atoms with Crippen molar-refractivity contribution in [3.05, 3.63) is 45.5 Å². The van der Waals surface area contributed by atoms with Gasteiger partial charge in [-0.2, -0.15) is 9.97 Å². The molecule has 0 bridgehead atoms. The highest BCUT2D eigenvalue weighted by atomic mass is 31.2. The first-order valence-electron chi connectivity index (χ1n) is 23.7. The molecule has 2 aliphatic rings. The maximum Gasteiger partial charge on any atom is 0.472 e. The molecule has 4 heterocycles. The molecule has 5 N–H and O–H groups in total. The second-order valence-electron chi connectivity index (χ2n) is 17.8. The minimum Gasteiger partial charge on any atom is -0.383 e. The van der Waals surface area contributed by atoms with E-state index in [0.29, 0.717) is 13.0 Å². The van der Waals surface area contributed by atoms with E-state index < -0.39 is 74.2 Å². The zero-order chi connectivity index (χ0) is 47.5. The fourth-order valence-electron chi connectivity index (χ4n) is 8.67. The zero-order valence-electron chi connectivity index (χ0n) is 39.8. The third-order valence-electron chi connectivity index (χ3n) is 12.0. The van der Waals surface area contributed by atoms with Crippen LogP contribution in [0.25, 0.3) is 0 Å². The number of nitrogens with two attached hydrogens (primary N) is 2. The fraction of sp³-hybridized carbons (Fsp3) is 0.800. The molecular formula is C45H78N7O12P. The van der Waals surface area contributed by atoms with Gasteiger partial charge in [0.05, 0.1) is 24.9 Å². The lowest BCUT2D eigenvalue weighted by Gasteiger charge is -2.31. The fourth-order valence-corrected chi connectivity index (χ4v) is 9.82. The SMILES string of the molecule is CCCCCCCCCCCCCCCCCN(C[C@H]1O[C@@H](n2ccc(N)nc2=O)C(OC)C1OP(=O)(O)OC(C)C)C(=O)CC1C(OC)[C@H](n2ccc(N)nc2=O)O[C@@H]1COC(C)C. The topological polar surface area (TPSA) is 244 Å². The van der Waals surface area contributed by atoms with E-state index in [2.05, 4.69) is 16.9 Å². The monoisotopic (exact) mass is 940 g/mol. The molecule has 2 aromatic rings. The molecule has 2 saturated heterocycles. The number of ether oxygens (including phenoxy) is 5. The number of methoxy groups -OCH3 is 2. The maximum atomic E-state index is 14.8. The van der Waals surface area contributed by atoms with Gasteiger partial charge in [-0.3, -0.25) is 23.0 Å². The second-order valence-corrected chi connectivity index (χ2v) is 19.2. The Morgan fingerprint density at radius 1 is 0.754 bits per heavy atom. The lowest BCUT2D eigenvalue weighted by molar-refractivity contribution is -0.137. The number of phosphoric acid groups is 1. The molecule has 370 valence electrons. The molecule has 19 nitrogen and oxygen atoms in total. The van der Waals surface area contributed by atoms with Gasteiger partial charge in [-0.1, -0.05) is 96.8 Å². The van der Waals surface area contributed by atoms with E-state index in [9.17, 15) is 23.8 Å². The highest BCUT2D eigenvalue weighted by molar-refractivity contribution is 7.47. The molecule has 0 aliphatic carbocycles. The number of anilines is 2. The van der Waals surface area contributed by atoms with Crippen LogP contribution in [0.1, 0.15) is 150 Å². The van der Waals surface area contributed by atoms with Crippen LogP contribution in [0.2, 0.25) is 0 Å². The van der Waals surface area contributed by atoms with Gasteiger partial charge < -0.3 is 44.9 Å². The van der Waals surface area contributed by atoms with Crippen molar-refractivity contribution < 1.29 is 47.0 Å². The van der Waals surface area contributed by atoms with Crippen LogP contribution >= 0.6 is 7.82 Å². The number of nitrogens with zero attached hydrogens (tertiary/aromatic N) is 5. The summed E-state index contributed by atoms with van der Waals surface area (Å²) in [5, 5.41) is 0. The standard InChI is InChI=1S/C45H78N7O12P/c1-8-9-10-11-12-13-14-15-16-17-18-19-20-21-22-25-50(38(53)28-33-35(30-60-31(2)3)62-42(39(33)58-6)51-26-23-36(46)48-44(51)54)29-34-40(64-65(56,57)63-32(4)5)41(59-7)43(61-34)52-27-24-37(47)49-45(52)55/h23-24,26-27,31-35,39-43H,8-22,25,28-30H2,1-7H3,(H,56,57)(H2,46,48,54)(H2,47,49,55)/t33?,34-,35-,39?,40?,41?,42-,43-/m1/s1. The first-order chi connectivity index (χ1) is 31.1. The van der Waals surface area contributed by atoms with Crippen LogP contribution in [0.5, 0.6) is 0 Å². The summed E-state index contributed by atoms with van der Waals surface area (Å²) in [6.07, 6.45) is 12.7. The number of phosphoric ester groups is 1. The molecule has 4 rings (SSSR count). The average Bonchev–Trinajstić information content (AvgIpc) is 3.75. The summed E-state index contributed by atoms with van der Waals surface area (Å²) < 4.78 is 57.6. The Balaban J connectivity index is 1.55. The van der Waals surface area contributed by atoms with E-state index in [1.807, 2.05) is 13.8 Å². The third kappa shape index (κ3) is 17.1. The number of hydrogen-bond donors (Lipinski definition) is 3. The number of carbonyl (C=O) groups is 1. The molecule has 20 heteroatoms. The molecule has 0 spiro atoms. The highest BCUT2D eigenvalue weighted by Gasteiger charge is 2.52. The van der Waals surface area contributed by atoms with E-state index in [-0.39, 0.29) is 43.2 Å². The summed E-state index contributed by atoms with van der Waals surface area (Å²) in [6.45, 7) is 9.53. The van der Waals surface area contributed by atoms with Gasteiger partial charge in [-0.15, -0.1) is 0 Å². The van der Waals surface area contributed by atoms with Crippen molar-refractivity contribution in [1.82, 2.24) is 24.0 Å². The lowest BCUT2D eigenvalue weighted by atomic mass is 9.93. The first-order valence-corrected chi connectivity index (χ1v) is 25.2. The minimum atomic E-state index is -4.72. The largest absolute Gasteiger partial charge is 0.472 e. The Bertz CT molecular complexity index is 1880. The summed E-state index contributed by atoms with van der Waals surface area (Å²) in [7, 11) is -1.87. The Kier molecular flexibility index (Phi) is 23.0. The van der Waals surface area contributed by atoms with E-state index in [1.165, 1.54) is 112 Å². The number of nitrogen functional groups attached to an aromatic ring is 2. The van der Waals surface area contributed by atoms with Crippen molar-refractivity contribution in [2.75, 3.05) is 45.4 Å². The minimum absolute atomic E-state index is 0.00449. The second kappa shape index (κ2) is 27.5.